The molecule has 36 heavy (non-hydrogen) atoms. The highest BCUT2D eigenvalue weighted by Gasteiger charge is 2.33. The summed E-state index contributed by atoms with van der Waals surface area (Å²) in [5, 5.41) is 10.0. The number of fused-ring (bicyclic) bond motifs is 1. The Labute approximate surface area is 217 Å². The van der Waals surface area contributed by atoms with Gasteiger partial charge in [-0.25, -0.2) is 9.79 Å². The maximum atomic E-state index is 13.7. The molecule has 1 N–H and O–H groups in total. The third kappa shape index (κ3) is 5.12. The van der Waals surface area contributed by atoms with Gasteiger partial charge in [-0.2, -0.15) is 0 Å². The van der Waals surface area contributed by atoms with Crippen molar-refractivity contribution in [2.45, 2.75) is 44.7 Å². The molecule has 0 aliphatic carbocycles. The molecule has 0 saturated carbocycles. The fourth-order valence-electron chi connectivity index (χ4n) is 4.00. The normalized spacial score (nSPS) is 15.6. The molecule has 1 aliphatic rings. The Bertz CT molecular complexity index is 1500. The van der Waals surface area contributed by atoms with E-state index in [1.54, 1.807) is 55.3 Å². The molecule has 188 valence electrons. The first-order chi connectivity index (χ1) is 17.2. The maximum Gasteiger partial charge on any atom is 0.338 e. The molecule has 1 atom stereocenters. The quantitative estimate of drug-likeness (QED) is 0.371. The molecule has 9 heteroatoms. The summed E-state index contributed by atoms with van der Waals surface area (Å²) in [6.45, 7) is 7.59. The molecule has 0 bridgehead atoms. The zero-order valence-corrected chi connectivity index (χ0v) is 22.4. The van der Waals surface area contributed by atoms with Gasteiger partial charge in [0, 0.05) is 4.90 Å². The van der Waals surface area contributed by atoms with Crippen molar-refractivity contribution in [3.8, 4) is 11.5 Å². The number of hydrogen-bond acceptors (Lipinski definition) is 8. The summed E-state index contributed by atoms with van der Waals surface area (Å²) >= 11 is 2.87. The summed E-state index contributed by atoms with van der Waals surface area (Å²) in [4.78, 5) is 33.1. The minimum Gasteiger partial charge on any atom is -0.504 e. The molecule has 2 aromatic carbocycles. The minimum absolute atomic E-state index is 0.0353. The average Bonchev–Trinajstić information content (AvgIpc) is 3.14. The topological polar surface area (TPSA) is 90.1 Å². The number of hydrogen-bond donors (Lipinski definition) is 1. The van der Waals surface area contributed by atoms with E-state index in [0.29, 0.717) is 38.5 Å². The van der Waals surface area contributed by atoms with E-state index in [-0.39, 0.29) is 17.4 Å². The van der Waals surface area contributed by atoms with Gasteiger partial charge in [0.1, 0.15) is 0 Å². The van der Waals surface area contributed by atoms with Crippen LogP contribution < -0.4 is 19.6 Å². The van der Waals surface area contributed by atoms with Crippen LogP contribution in [0.3, 0.4) is 0 Å². The number of aromatic hydroxyl groups is 1. The second-order valence-corrected chi connectivity index (χ2v) is 10.4. The molecule has 4 rings (SSSR count). The van der Waals surface area contributed by atoms with Crippen molar-refractivity contribution >= 4 is 35.1 Å². The predicted molar refractivity (Wildman–Crippen MR) is 142 cm³/mol. The number of benzene rings is 2. The molecular weight excluding hydrogens is 496 g/mol. The largest absolute Gasteiger partial charge is 0.504 e. The number of aromatic nitrogens is 1. The van der Waals surface area contributed by atoms with Crippen molar-refractivity contribution in [3.63, 3.8) is 0 Å². The number of phenolic OH excluding ortho intramolecular Hbond substituents is 1. The summed E-state index contributed by atoms with van der Waals surface area (Å²) in [6.07, 6.45) is 3.43. The Balaban J connectivity index is 1.90. The highest BCUT2D eigenvalue weighted by molar-refractivity contribution is 7.98. The van der Waals surface area contributed by atoms with Gasteiger partial charge in [0.25, 0.3) is 5.56 Å². The number of phenols is 1. The minimum atomic E-state index is -0.663. The second-order valence-electron chi connectivity index (χ2n) is 8.47. The average molecular weight is 525 g/mol. The molecular formula is C27H28N2O5S2. The fourth-order valence-corrected chi connectivity index (χ4v) is 5.46. The SMILES string of the molecule is CCOc1cc(/C=c2\sc3n(c2=O)[C@H](c2ccc(SC)cc2)C(C(=O)OC(C)C)=C(C)N=3)ccc1O. The van der Waals surface area contributed by atoms with E-state index in [4.69, 9.17) is 9.47 Å². The van der Waals surface area contributed by atoms with Crippen LogP contribution in [0.4, 0.5) is 0 Å². The Morgan fingerprint density at radius 2 is 1.97 bits per heavy atom. The van der Waals surface area contributed by atoms with Gasteiger partial charge < -0.3 is 14.6 Å². The molecule has 0 spiro atoms. The van der Waals surface area contributed by atoms with Gasteiger partial charge in [-0.05, 0) is 75.4 Å². The molecule has 0 saturated heterocycles. The second kappa shape index (κ2) is 10.8. The van der Waals surface area contributed by atoms with Gasteiger partial charge in [0.2, 0.25) is 0 Å². The number of thioether (sulfide) groups is 1. The molecule has 0 unspecified atom stereocenters. The third-order valence-corrected chi connectivity index (χ3v) is 7.32. The van der Waals surface area contributed by atoms with Crippen LogP contribution in [0.2, 0.25) is 0 Å². The van der Waals surface area contributed by atoms with Crippen LogP contribution in [0.1, 0.15) is 44.9 Å². The van der Waals surface area contributed by atoms with Gasteiger partial charge in [-0.15, -0.1) is 11.8 Å². The lowest BCUT2D eigenvalue weighted by Gasteiger charge is -2.25. The van der Waals surface area contributed by atoms with Crippen LogP contribution in [-0.2, 0) is 9.53 Å². The van der Waals surface area contributed by atoms with Crippen LogP contribution in [-0.4, -0.2) is 34.6 Å². The Morgan fingerprint density at radius 1 is 1.25 bits per heavy atom. The van der Waals surface area contributed by atoms with E-state index in [1.807, 2.05) is 37.4 Å². The summed E-state index contributed by atoms with van der Waals surface area (Å²) in [7, 11) is 0. The zero-order chi connectivity index (χ0) is 26.0. The molecule has 0 fully saturated rings. The van der Waals surface area contributed by atoms with Crippen LogP contribution >= 0.6 is 23.1 Å². The number of carbonyl (C=O) groups excluding carboxylic acids is 1. The molecule has 2 heterocycles. The monoisotopic (exact) mass is 524 g/mol. The van der Waals surface area contributed by atoms with Crippen molar-refractivity contribution < 1.29 is 19.4 Å². The van der Waals surface area contributed by atoms with Crippen molar-refractivity contribution in [1.82, 2.24) is 4.57 Å². The summed E-state index contributed by atoms with van der Waals surface area (Å²) < 4.78 is 13.0. The summed E-state index contributed by atoms with van der Waals surface area (Å²) in [6, 6.07) is 12.1. The smallest absolute Gasteiger partial charge is 0.338 e. The highest BCUT2D eigenvalue weighted by Crippen LogP contribution is 2.32. The predicted octanol–water partition coefficient (Wildman–Crippen LogP) is 4.01. The van der Waals surface area contributed by atoms with Crippen molar-refractivity contribution in [3.05, 3.63) is 84.5 Å². The number of ether oxygens (including phenoxy) is 2. The number of nitrogens with zero attached hydrogens (tertiary/aromatic N) is 2. The molecule has 3 aromatic rings. The van der Waals surface area contributed by atoms with Crippen molar-refractivity contribution in [2.24, 2.45) is 4.99 Å². The lowest BCUT2D eigenvalue weighted by molar-refractivity contribution is -0.143. The number of thiazole rings is 1. The first-order valence-electron chi connectivity index (χ1n) is 11.6. The summed E-state index contributed by atoms with van der Waals surface area (Å²) in [5.74, 6) is -0.104. The first kappa shape index (κ1) is 25.8. The van der Waals surface area contributed by atoms with Gasteiger partial charge >= 0.3 is 5.97 Å². The van der Waals surface area contributed by atoms with Crippen molar-refractivity contribution in [2.75, 3.05) is 12.9 Å². The van der Waals surface area contributed by atoms with Gasteiger partial charge in [-0.3, -0.25) is 9.36 Å². The van der Waals surface area contributed by atoms with E-state index in [9.17, 15) is 14.7 Å². The van der Waals surface area contributed by atoms with Gasteiger partial charge in [0.15, 0.2) is 16.3 Å². The van der Waals surface area contributed by atoms with Crippen LogP contribution in [0, 0.1) is 0 Å². The Hall–Kier alpha value is -3.30. The molecule has 7 nitrogen and oxygen atoms in total. The Morgan fingerprint density at radius 3 is 2.61 bits per heavy atom. The summed E-state index contributed by atoms with van der Waals surface area (Å²) in [5.41, 5.74) is 2.12. The van der Waals surface area contributed by atoms with E-state index < -0.39 is 12.0 Å². The van der Waals surface area contributed by atoms with Crippen LogP contribution in [0.25, 0.3) is 6.08 Å². The van der Waals surface area contributed by atoms with E-state index in [2.05, 4.69) is 4.99 Å². The highest BCUT2D eigenvalue weighted by atomic mass is 32.2. The maximum absolute atomic E-state index is 13.7. The number of carbonyl (C=O) groups is 1. The first-order valence-corrected chi connectivity index (χ1v) is 13.6. The molecule has 0 radical (unpaired) electrons. The third-order valence-electron chi connectivity index (χ3n) is 5.60. The lowest BCUT2D eigenvalue weighted by Crippen LogP contribution is -2.40. The fraction of sp³-hybridized carbons (Fsp3) is 0.296. The van der Waals surface area contributed by atoms with Gasteiger partial charge in [0.05, 0.1) is 34.6 Å². The standard InChI is InChI=1S/C27H28N2O5S2/c1-6-33-21-13-17(7-12-20(21)30)14-22-25(31)29-24(18-8-10-19(35-5)11-9-18)23(26(32)34-15(2)3)16(4)28-27(29)36-22/h7-15,24,30H,6H2,1-5H3/b22-14-/t24-/m1/s1. The van der Waals surface area contributed by atoms with Crippen LogP contribution in [0.15, 0.2) is 68.4 Å². The Kier molecular flexibility index (Phi) is 7.70. The number of rotatable bonds is 7. The van der Waals surface area contributed by atoms with E-state index in [0.717, 1.165) is 10.5 Å². The van der Waals surface area contributed by atoms with Gasteiger partial charge in [-0.1, -0.05) is 29.5 Å². The molecule has 1 aliphatic heterocycles. The lowest BCUT2D eigenvalue weighted by atomic mass is 9.96. The zero-order valence-electron chi connectivity index (χ0n) is 20.8. The number of esters is 1. The van der Waals surface area contributed by atoms with Crippen molar-refractivity contribution in [1.29, 1.82) is 0 Å². The van der Waals surface area contributed by atoms with E-state index in [1.165, 1.54) is 17.4 Å². The van der Waals surface area contributed by atoms with Crippen LogP contribution in [0.5, 0.6) is 11.5 Å². The molecule has 0 amide bonds. The number of allylic oxidation sites excluding steroid dienone is 1. The van der Waals surface area contributed by atoms with E-state index >= 15 is 0 Å². The molecule has 1 aromatic heterocycles.